The number of aliphatic hydroxyl groups is 1. The summed E-state index contributed by atoms with van der Waals surface area (Å²) in [5, 5.41) is 13.1. The molecule has 1 rings (SSSR count). The molecule has 0 aliphatic rings. The monoisotopic (exact) mass is 270 g/mol. The Balaban J connectivity index is 2.99. The number of nitrogens with one attached hydrogen (secondary N) is 1. The minimum atomic E-state index is 0.147. The Morgan fingerprint density at radius 2 is 2.11 bits per heavy atom. The molecule has 0 heterocycles. The highest BCUT2D eigenvalue weighted by Gasteiger charge is 2.13. The van der Waals surface area contributed by atoms with Gasteiger partial charge in [0, 0.05) is 19.6 Å². The van der Waals surface area contributed by atoms with E-state index in [4.69, 9.17) is 11.6 Å². The Hall–Kier alpha value is -0.770. The number of para-hydroxylation sites is 1. The maximum Gasteiger partial charge on any atom is 0.0642 e. The highest BCUT2D eigenvalue weighted by molar-refractivity contribution is 6.33. The lowest BCUT2D eigenvalue weighted by Gasteiger charge is -2.27. The Kier molecular flexibility index (Phi) is 7.09. The van der Waals surface area contributed by atoms with E-state index >= 15 is 0 Å². The Labute approximate surface area is 115 Å². The van der Waals surface area contributed by atoms with Gasteiger partial charge in [-0.05, 0) is 25.1 Å². The molecule has 0 saturated heterocycles. The smallest absolute Gasteiger partial charge is 0.0642 e. The number of unbranched alkanes of at least 4 members (excludes halogenated alkanes) is 1. The maximum atomic E-state index is 9.21. The zero-order valence-electron chi connectivity index (χ0n) is 11.2. The minimum Gasteiger partial charge on any atom is -0.395 e. The number of halogens is 1. The van der Waals surface area contributed by atoms with E-state index < -0.39 is 0 Å². The van der Waals surface area contributed by atoms with E-state index in [1.165, 1.54) is 5.56 Å². The molecule has 0 fully saturated rings. The zero-order chi connectivity index (χ0) is 13.4. The first kappa shape index (κ1) is 15.3. The van der Waals surface area contributed by atoms with Crippen LogP contribution in [0.5, 0.6) is 0 Å². The van der Waals surface area contributed by atoms with Crippen molar-refractivity contribution in [1.29, 1.82) is 0 Å². The van der Waals surface area contributed by atoms with Gasteiger partial charge in [0.1, 0.15) is 0 Å². The van der Waals surface area contributed by atoms with Gasteiger partial charge >= 0.3 is 0 Å². The number of aliphatic hydroxyl groups excluding tert-OH is 1. The molecular weight excluding hydrogens is 248 g/mol. The van der Waals surface area contributed by atoms with Crippen molar-refractivity contribution in [3.8, 4) is 0 Å². The standard InChI is InChI=1S/C14H23ClN2O/c1-3-4-8-17(9-10-18)14-12(11-16-2)6-5-7-13(14)15/h5-7,16,18H,3-4,8-11H2,1-2H3. The van der Waals surface area contributed by atoms with Crippen molar-refractivity contribution in [3.63, 3.8) is 0 Å². The summed E-state index contributed by atoms with van der Waals surface area (Å²) >= 11 is 6.32. The third kappa shape index (κ3) is 4.16. The average Bonchev–Trinajstić information content (AvgIpc) is 2.36. The molecule has 0 aliphatic heterocycles. The van der Waals surface area contributed by atoms with Gasteiger partial charge in [0.2, 0.25) is 0 Å². The van der Waals surface area contributed by atoms with Crippen molar-refractivity contribution in [2.24, 2.45) is 0 Å². The van der Waals surface area contributed by atoms with Crippen LogP contribution in [0.1, 0.15) is 25.3 Å². The molecule has 1 aromatic rings. The molecule has 0 aromatic heterocycles. The van der Waals surface area contributed by atoms with Crippen molar-refractivity contribution >= 4 is 17.3 Å². The van der Waals surface area contributed by atoms with E-state index in [0.29, 0.717) is 6.54 Å². The first-order valence-electron chi connectivity index (χ1n) is 6.52. The largest absolute Gasteiger partial charge is 0.395 e. The van der Waals surface area contributed by atoms with Gasteiger partial charge in [-0.1, -0.05) is 37.1 Å². The molecule has 2 N–H and O–H groups in total. The molecule has 0 spiro atoms. The first-order chi connectivity index (χ1) is 8.74. The van der Waals surface area contributed by atoms with E-state index in [2.05, 4.69) is 23.2 Å². The van der Waals surface area contributed by atoms with Crippen LogP contribution >= 0.6 is 11.6 Å². The van der Waals surface area contributed by atoms with Crippen molar-refractivity contribution < 1.29 is 5.11 Å². The van der Waals surface area contributed by atoms with E-state index in [-0.39, 0.29) is 6.61 Å². The summed E-state index contributed by atoms with van der Waals surface area (Å²) in [5.74, 6) is 0. The lowest BCUT2D eigenvalue weighted by atomic mass is 10.1. The van der Waals surface area contributed by atoms with E-state index in [1.807, 2.05) is 19.2 Å². The van der Waals surface area contributed by atoms with Crippen molar-refractivity contribution in [2.75, 3.05) is 31.6 Å². The van der Waals surface area contributed by atoms with Gasteiger partial charge in [-0.3, -0.25) is 0 Å². The van der Waals surface area contributed by atoms with Gasteiger partial charge in [-0.15, -0.1) is 0 Å². The predicted octanol–water partition coefficient (Wildman–Crippen LogP) is 2.66. The van der Waals surface area contributed by atoms with Crippen LogP contribution < -0.4 is 10.2 Å². The average molecular weight is 271 g/mol. The number of hydrogen-bond acceptors (Lipinski definition) is 3. The number of benzene rings is 1. The van der Waals surface area contributed by atoms with Crippen LogP contribution in [-0.2, 0) is 6.54 Å². The Bertz CT molecular complexity index is 358. The van der Waals surface area contributed by atoms with Crippen LogP contribution in [0.25, 0.3) is 0 Å². The predicted molar refractivity (Wildman–Crippen MR) is 78.4 cm³/mol. The van der Waals surface area contributed by atoms with Gasteiger partial charge in [-0.25, -0.2) is 0 Å². The van der Waals surface area contributed by atoms with Crippen molar-refractivity contribution in [2.45, 2.75) is 26.3 Å². The van der Waals surface area contributed by atoms with Gasteiger partial charge in [-0.2, -0.15) is 0 Å². The SMILES string of the molecule is CCCCN(CCO)c1c(Cl)cccc1CNC. The van der Waals surface area contributed by atoms with Gasteiger partial charge in [0.25, 0.3) is 0 Å². The van der Waals surface area contributed by atoms with Crippen LogP contribution in [0.3, 0.4) is 0 Å². The topological polar surface area (TPSA) is 35.5 Å². The second-order valence-electron chi connectivity index (χ2n) is 4.34. The van der Waals surface area contributed by atoms with Crippen molar-refractivity contribution in [3.05, 3.63) is 28.8 Å². The summed E-state index contributed by atoms with van der Waals surface area (Å²) in [5.41, 5.74) is 2.23. The fraction of sp³-hybridized carbons (Fsp3) is 0.571. The summed E-state index contributed by atoms with van der Waals surface area (Å²) in [6.07, 6.45) is 2.23. The number of hydrogen-bond donors (Lipinski definition) is 2. The van der Waals surface area contributed by atoms with Crippen LogP contribution in [0, 0.1) is 0 Å². The molecular formula is C14H23ClN2O. The van der Waals surface area contributed by atoms with Gasteiger partial charge < -0.3 is 15.3 Å². The van der Waals surface area contributed by atoms with Crippen LogP contribution in [0.2, 0.25) is 5.02 Å². The minimum absolute atomic E-state index is 0.147. The molecule has 102 valence electrons. The number of nitrogens with zero attached hydrogens (tertiary/aromatic N) is 1. The van der Waals surface area contributed by atoms with Gasteiger partial charge in [0.15, 0.2) is 0 Å². The summed E-state index contributed by atoms with van der Waals surface area (Å²) in [6, 6.07) is 5.95. The summed E-state index contributed by atoms with van der Waals surface area (Å²) in [6.45, 7) is 4.65. The molecule has 0 bridgehead atoms. The number of rotatable bonds is 8. The third-order valence-corrected chi connectivity index (χ3v) is 3.21. The highest BCUT2D eigenvalue weighted by Crippen LogP contribution is 2.30. The van der Waals surface area contributed by atoms with E-state index in [9.17, 15) is 5.11 Å². The summed E-state index contributed by atoms with van der Waals surface area (Å²) in [4.78, 5) is 2.18. The molecule has 0 saturated carbocycles. The van der Waals surface area contributed by atoms with Crippen molar-refractivity contribution in [1.82, 2.24) is 5.32 Å². The van der Waals surface area contributed by atoms with Gasteiger partial charge in [0.05, 0.1) is 17.3 Å². The summed E-state index contributed by atoms with van der Waals surface area (Å²) < 4.78 is 0. The van der Waals surface area contributed by atoms with Crippen LogP contribution in [0.15, 0.2) is 18.2 Å². The fourth-order valence-corrected chi connectivity index (χ4v) is 2.37. The molecule has 0 unspecified atom stereocenters. The molecule has 4 heteroatoms. The fourth-order valence-electron chi connectivity index (χ4n) is 2.05. The lowest BCUT2D eigenvalue weighted by molar-refractivity contribution is 0.301. The first-order valence-corrected chi connectivity index (χ1v) is 6.90. The maximum absolute atomic E-state index is 9.21. The van der Waals surface area contributed by atoms with E-state index in [0.717, 1.165) is 36.6 Å². The Morgan fingerprint density at radius 3 is 2.72 bits per heavy atom. The molecule has 0 radical (unpaired) electrons. The lowest BCUT2D eigenvalue weighted by Crippen LogP contribution is -2.29. The third-order valence-electron chi connectivity index (χ3n) is 2.91. The molecule has 1 aromatic carbocycles. The van der Waals surface area contributed by atoms with Crippen LogP contribution in [-0.4, -0.2) is 31.9 Å². The Morgan fingerprint density at radius 1 is 1.33 bits per heavy atom. The second-order valence-corrected chi connectivity index (χ2v) is 4.75. The number of anilines is 1. The summed E-state index contributed by atoms with van der Waals surface area (Å²) in [7, 11) is 1.92. The molecule has 0 amide bonds. The van der Waals surface area contributed by atoms with Crippen LogP contribution in [0.4, 0.5) is 5.69 Å². The van der Waals surface area contributed by atoms with E-state index in [1.54, 1.807) is 0 Å². The molecule has 0 aliphatic carbocycles. The quantitative estimate of drug-likeness (QED) is 0.762. The normalized spacial score (nSPS) is 10.7. The molecule has 0 atom stereocenters. The molecule has 18 heavy (non-hydrogen) atoms. The highest BCUT2D eigenvalue weighted by atomic mass is 35.5. The zero-order valence-corrected chi connectivity index (χ0v) is 12.0. The second kappa shape index (κ2) is 8.35. The molecule has 3 nitrogen and oxygen atoms in total.